The molecule has 0 saturated heterocycles. The molecule has 0 aliphatic rings. The van der Waals surface area contributed by atoms with Crippen LogP contribution in [0.3, 0.4) is 0 Å². The summed E-state index contributed by atoms with van der Waals surface area (Å²) in [6, 6.07) is 14.8. The molecule has 0 unspecified atom stereocenters. The Morgan fingerprint density at radius 3 is 2.61 bits per heavy atom. The van der Waals surface area contributed by atoms with E-state index in [-0.39, 0.29) is 5.91 Å². The minimum Gasteiger partial charge on any atom is -0.478 e. The number of halogens is 1. The highest BCUT2D eigenvalue weighted by atomic mass is 35.5. The molecule has 0 radical (unpaired) electrons. The number of ether oxygens (including phenoxy) is 1. The van der Waals surface area contributed by atoms with Crippen LogP contribution in [-0.2, 0) is 4.79 Å². The zero-order valence-corrected chi connectivity index (χ0v) is 14.2. The number of carbonyl (C=O) groups is 1. The lowest BCUT2D eigenvalue weighted by Crippen LogP contribution is -2.42. The average molecular weight is 347 g/mol. The van der Waals surface area contributed by atoms with Gasteiger partial charge in [-0.2, -0.15) is 0 Å². The third-order valence-electron chi connectivity index (χ3n) is 3.25. The number of amides is 1. The smallest absolute Gasteiger partial charge is 0.269 e. The van der Waals surface area contributed by atoms with Gasteiger partial charge in [-0.15, -0.1) is 0 Å². The summed E-state index contributed by atoms with van der Waals surface area (Å²) in [6.07, 6.45) is 0. The van der Waals surface area contributed by atoms with E-state index >= 15 is 0 Å². The van der Waals surface area contributed by atoms with E-state index in [0.717, 1.165) is 4.70 Å². The molecule has 1 heterocycles. The van der Waals surface area contributed by atoms with E-state index in [9.17, 15) is 4.79 Å². The summed E-state index contributed by atoms with van der Waals surface area (Å²) in [5, 5.41) is 3.88. The number of hydrogen-bond acceptors (Lipinski definition) is 4. The predicted molar refractivity (Wildman–Crippen MR) is 94.4 cm³/mol. The largest absolute Gasteiger partial charge is 0.478 e. The van der Waals surface area contributed by atoms with Crippen LogP contribution < -0.4 is 10.1 Å². The second kappa shape index (κ2) is 6.18. The number of fused-ring (bicyclic) bond motifs is 1. The summed E-state index contributed by atoms with van der Waals surface area (Å²) in [6.45, 7) is 3.44. The number of hydrogen-bond donors (Lipinski definition) is 1. The molecule has 1 N–H and O–H groups in total. The Bertz CT molecular complexity index is 846. The molecular formula is C17H15ClN2O2S. The number of carbonyl (C=O) groups excluding carboxylic acids is 1. The van der Waals surface area contributed by atoms with Gasteiger partial charge >= 0.3 is 0 Å². The number of thiazole rings is 1. The summed E-state index contributed by atoms with van der Waals surface area (Å²) < 4.78 is 6.70. The summed E-state index contributed by atoms with van der Waals surface area (Å²) in [5.74, 6) is 0.372. The van der Waals surface area contributed by atoms with Gasteiger partial charge in [-0.05, 0) is 38.1 Å². The van der Waals surface area contributed by atoms with Gasteiger partial charge in [0.05, 0.1) is 9.72 Å². The zero-order chi connectivity index (χ0) is 16.4. The van der Waals surface area contributed by atoms with Gasteiger partial charge in [0, 0.05) is 0 Å². The lowest BCUT2D eigenvalue weighted by atomic mass is 10.1. The van der Waals surface area contributed by atoms with Crippen LogP contribution >= 0.6 is 22.9 Å². The fourth-order valence-corrected chi connectivity index (χ4v) is 3.21. The maximum absolute atomic E-state index is 12.5. The summed E-state index contributed by atoms with van der Waals surface area (Å²) in [7, 11) is 0. The first-order valence-electron chi connectivity index (χ1n) is 7.06. The molecule has 0 fully saturated rings. The number of aromatic nitrogens is 1. The molecule has 2 aromatic carbocycles. The van der Waals surface area contributed by atoms with Gasteiger partial charge in [-0.25, -0.2) is 4.98 Å². The van der Waals surface area contributed by atoms with Crippen molar-refractivity contribution in [3.8, 4) is 5.75 Å². The van der Waals surface area contributed by atoms with E-state index in [2.05, 4.69) is 10.3 Å². The van der Waals surface area contributed by atoms with E-state index in [0.29, 0.717) is 21.4 Å². The van der Waals surface area contributed by atoms with E-state index in [1.54, 1.807) is 19.9 Å². The minimum atomic E-state index is -1.02. The van der Waals surface area contributed by atoms with Gasteiger partial charge in [0.15, 0.2) is 10.7 Å². The summed E-state index contributed by atoms with van der Waals surface area (Å²) in [4.78, 5) is 16.9. The molecular weight excluding hydrogens is 332 g/mol. The Morgan fingerprint density at radius 1 is 1.17 bits per heavy atom. The molecule has 3 rings (SSSR count). The van der Waals surface area contributed by atoms with Gasteiger partial charge in [-0.1, -0.05) is 47.2 Å². The summed E-state index contributed by atoms with van der Waals surface area (Å²) >= 11 is 7.49. The molecule has 0 saturated carbocycles. The topological polar surface area (TPSA) is 51.2 Å². The van der Waals surface area contributed by atoms with Crippen LogP contribution in [0.25, 0.3) is 10.2 Å². The van der Waals surface area contributed by atoms with Gasteiger partial charge < -0.3 is 4.74 Å². The highest BCUT2D eigenvalue weighted by Gasteiger charge is 2.30. The molecule has 1 aromatic heterocycles. The first-order chi connectivity index (χ1) is 11.0. The van der Waals surface area contributed by atoms with Crippen molar-refractivity contribution in [2.24, 2.45) is 0 Å². The quantitative estimate of drug-likeness (QED) is 0.742. The Morgan fingerprint density at radius 2 is 1.91 bits per heavy atom. The molecule has 0 aliphatic carbocycles. The van der Waals surface area contributed by atoms with E-state index < -0.39 is 5.60 Å². The van der Waals surface area contributed by atoms with Crippen LogP contribution in [0.4, 0.5) is 5.13 Å². The molecule has 0 bridgehead atoms. The van der Waals surface area contributed by atoms with Crippen molar-refractivity contribution >= 4 is 44.2 Å². The van der Waals surface area contributed by atoms with Gasteiger partial charge in [0.1, 0.15) is 11.3 Å². The Hall–Kier alpha value is -2.11. The molecule has 6 heteroatoms. The lowest BCUT2D eigenvalue weighted by molar-refractivity contribution is -0.128. The molecule has 0 spiro atoms. The van der Waals surface area contributed by atoms with Crippen LogP contribution in [0.5, 0.6) is 5.75 Å². The first kappa shape index (κ1) is 15.8. The van der Waals surface area contributed by atoms with Gasteiger partial charge in [-0.3, -0.25) is 10.1 Å². The Kier molecular flexibility index (Phi) is 4.24. The van der Waals surface area contributed by atoms with Gasteiger partial charge in [0.2, 0.25) is 0 Å². The number of nitrogens with one attached hydrogen (secondary N) is 1. The highest BCUT2D eigenvalue weighted by molar-refractivity contribution is 7.22. The van der Waals surface area contributed by atoms with Crippen molar-refractivity contribution in [1.82, 2.24) is 4.98 Å². The number of benzene rings is 2. The Balaban J connectivity index is 1.78. The average Bonchev–Trinajstić information content (AvgIpc) is 2.92. The molecule has 3 aromatic rings. The van der Waals surface area contributed by atoms with Crippen LogP contribution in [0.15, 0.2) is 48.5 Å². The van der Waals surface area contributed by atoms with E-state index in [1.807, 2.05) is 42.5 Å². The zero-order valence-electron chi connectivity index (χ0n) is 12.7. The monoisotopic (exact) mass is 346 g/mol. The normalized spacial score (nSPS) is 11.4. The second-order valence-corrected chi connectivity index (χ2v) is 6.92. The van der Waals surface area contributed by atoms with Crippen molar-refractivity contribution in [2.45, 2.75) is 19.4 Å². The second-order valence-electron chi connectivity index (χ2n) is 5.49. The highest BCUT2D eigenvalue weighted by Crippen LogP contribution is 2.31. The van der Waals surface area contributed by atoms with Gasteiger partial charge in [0.25, 0.3) is 5.91 Å². The van der Waals surface area contributed by atoms with Crippen molar-refractivity contribution in [1.29, 1.82) is 0 Å². The summed E-state index contributed by atoms with van der Waals surface area (Å²) in [5.41, 5.74) is -0.334. The number of anilines is 1. The van der Waals surface area contributed by atoms with Crippen LogP contribution in [0.1, 0.15) is 13.8 Å². The fourth-order valence-electron chi connectivity index (χ4n) is 2.05. The minimum absolute atomic E-state index is 0.267. The molecule has 0 aliphatic heterocycles. The van der Waals surface area contributed by atoms with Crippen LogP contribution in [0, 0.1) is 0 Å². The third kappa shape index (κ3) is 3.46. The molecule has 0 atom stereocenters. The maximum Gasteiger partial charge on any atom is 0.269 e. The number of para-hydroxylation sites is 2. The van der Waals surface area contributed by atoms with Crippen molar-refractivity contribution in [2.75, 3.05) is 5.32 Å². The van der Waals surface area contributed by atoms with E-state index in [1.165, 1.54) is 11.3 Å². The predicted octanol–water partition coefficient (Wildman–Crippen LogP) is 4.75. The van der Waals surface area contributed by atoms with Crippen LogP contribution in [0.2, 0.25) is 5.02 Å². The molecule has 1 amide bonds. The first-order valence-corrected chi connectivity index (χ1v) is 8.26. The van der Waals surface area contributed by atoms with Crippen molar-refractivity contribution in [3.05, 3.63) is 53.6 Å². The van der Waals surface area contributed by atoms with Crippen LogP contribution in [-0.4, -0.2) is 16.5 Å². The maximum atomic E-state index is 12.5. The standard InChI is InChI=1S/C17H15ClN2O2S/c1-17(2,22-11-7-4-3-5-8-11)15(21)20-16-19-14-12(18)9-6-10-13(14)23-16/h3-10H,1-2H3,(H,19,20,21). The number of rotatable bonds is 4. The van der Waals surface area contributed by atoms with E-state index in [4.69, 9.17) is 16.3 Å². The molecule has 118 valence electrons. The molecule has 23 heavy (non-hydrogen) atoms. The molecule has 4 nitrogen and oxygen atoms in total. The lowest BCUT2D eigenvalue weighted by Gasteiger charge is -2.24. The Labute approximate surface area is 143 Å². The number of nitrogens with zero attached hydrogens (tertiary/aromatic N) is 1. The third-order valence-corrected chi connectivity index (χ3v) is 4.49. The van der Waals surface area contributed by atoms with Crippen molar-refractivity contribution < 1.29 is 9.53 Å². The SMILES string of the molecule is CC(C)(Oc1ccccc1)C(=O)Nc1nc2c(Cl)cccc2s1. The van der Waals surface area contributed by atoms with Crippen molar-refractivity contribution in [3.63, 3.8) is 0 Å². The fraction of sp³-hybridized carbons (Fsp3) is 0.176.